The van der Waals surface area contributed by atoms with Crippen LogP contribution in [0.25, 0.3) is 0 Å². The molecule has 0 saturated carbocycles. The summed E-state index contributed by atoms with van der Waals surface area (Å²) in [5.74, 6) is 0.154. The highest BCUT2D eigenvalue weighted by atomic mass is 16.5. The monoisotopic (exact) mass is 361 g/mol. The fraction of sp³-hybridized carbons (Fsp3) is 0.353. The van der Waals surface area contributed by atoms with Crippen molar-refractivity contribution in [1.82, 2.24) is 15.1 Å². The molecule has 0 saturated heterocycles. The summed E-state index contributed by atoms with van der Waals surface area (Å²) in [4.78, 5) is 23.9. The Morgan fingerprint density at radius 2 is 2.04 bits per heavy atom. The van der Waals surface area contributed by atoms with E-state index in [2.05, 4.69) is 21.0 Å². The summed E-state index contributed by atoms with van der Waals surface area (Å²) < 4.78 is 11.7. The first kappa shape index (κ1) is 19.3. The summed E-state index contributed by atoms with van der Waals surface area (Å²) in [6, 6.07) is 4.37. The number of hydrogen-bond acceptors (Lipinski definition) is 5. The van der Waals surface area contributed by atoms with E-state index in [0.717, 1.165) is 5.56 Å². The highest BCUT2D eigenvalue weighted by molar-refractivity contribution is 5.95. The standard InChI is InChI=1S/C17H23N5O4/c1-11(12-8-18-22(2)9-12)19-17(24)20-13-5-6-15(26-4)14(7-13)21-16(23)10-25-3/h5-9,11H,10H2,1-4H3,(H,21,23)(H2,19,20,24)/t11-/m0/s1. The first-order valence-electron chi connectivity index (χ1n) is 7.95. The van der Waals surface area contributed by atoms with Gasteiger partial charge in [-0.25, -0.2) is 4.79 Å². The third-order valence-electron chi connectivity index (χ3n) is 3.58. The molecule has 1 atom stereocenters. The second-order valence-corrected chi connectivity index (χ2v) is 5.66. The minimum absolute atomic E-state index is 0.0794. The van der Waals surface area contributed by atoms with Crippen LogP contribution >= 0.6 is 0 Å². The maximum atomic E-state index is 12.2. The van der Waals surface area contributed by atoms with E-state index in [-0.39, 0.29) is 24.6 Å². The van der Waals surface area contributed by atoms with Crippen molar-refractivity contribution in [3.8, 4) is 5.75 Å². The van der Waals surface area contributed by atoms with Crippen molar-refractivity contribution in [2.45, 2.75) is 13.0 Å². The topological polar surface area (TPSA) is 107 Å². The Kier molecular flexibility index (Phi) is 6.56. The number of methoxy groups -OCH3 is 2. The zero-order valence-corrected chi connectivity index (χ0v) is 15.2. The predicted octanol–water partition coefficient (Wildman–Crippen LogP) is 1.90. The zero-order valence-electron chi connectivity index (χ0n) is 15.2. The molecule has 140 valence electrons. The molecule has 9 nitrogen and oxygen atoms in total. The van der Waals surface area contributed by atoms with Gasteiger partial charge in [-0.2, -0.15) is 5.10 Å². The van der Waals surface area contributed by atoms with Crippen molar-refractivity contribution in [3.63, 3.8) is 0 Å². The number of amides is 3. The lowest BCUT2D eigenvalue weighted by Gasteiger charge is -2.15. The summed E-state index contributed by atoms with van der Waals surface area (Å²) in [5.41, 5.74) is 1.84. The summed E-state index contributed by atoms with van der Waals surface area (Å²) in [6.07, 6.45) is 3.53. The molecule has 0 aliphatic heterocycles. The van der Waals surface area contributed by atoms with E-state index in [1.54, 1.807) is 29.1 Å². The van der Waals surface area contributed by atoms with Crippen molar-refractivity contribution in [2.24, 2.45) is 7.05 Å². The molecule has 1 aromatic carbocycles. The largest absolute Gasteiger partial charge is 0.495 e. The molecule has 1 heterocycles. The molecule has 26 heavy (non-hydrogen) atoms. The molecule has 0 spiro atoms. The Labute approximate surface area is 151 Å². The van der Waals surface area contributed by atoms with Crippen LogP contribution in [0.1, 0.15) is 18.5 Å². The van der Waals surface area contributed by atoms with Gasteiger partial charge in [0.2, 0.25) is 5.91 Å². The van der Waals surface area contributed by atoms with E-state index in [9.17, 15) is 9.59 Å². The van der Waals surface area contributed by atoms with Gasteiger partial charge in [-0.15, -0.1) is 0 Å². The fourth-order valence-electron chi connectivity index (χ4n) is 2.31. The first-order valence-corrected chi connectivity index (χ1v) is 7.95. The lowest BCUT2D eigenvalue weighted by Crippen LogP contribution is -2.31. The molecule has 9 heteroatoms. The van der Waals surface area contributed by atoms with E-state index in [1.807, 2.05) is 20.2 Å². The van der Waals surface area contributed by atoms with E-state index in [4.69, 9.17) is 9.47 Å². The summed E-state index contributed by atoms with van der Waals surface area (Å²) in [5, 5.41) is 12.3. The van der Waals surface area contributed by atoms with Crippen LogP contribution in [0.15, 0.2) is 30.6 Å². The molecular weight excluding hydrogens is 338 g/mol. The molecular formula is C17H23N5O4. The summed E-state index contributed by atoms with van der Waals surface area (Å²) >= 11 is 0. The molecule has 3 amide bonds. The number of aryl methyl sites for hydroxylation is 1. The maximum Gasteiger partial charge on any atom is 0.319 e. The van der Waals surface area contributed by atoms with Gasteiger partial charge < -0.3 is 25.4 Å². The minimum Gasteiger partial charge on any atom is -0.495 e. The van der Waals surface area contributed by atoms with Crippen molar-refractivity contribution >= 4 is 23.3 Å². The SMILES string of the molecule is COCC(=O)Nc1cc(NC(=O)N[C@@H](C)c2cnn(C)c2)ccc1OC. The molecule has 3 N–H and O–H groups in total. The number of hydrogen-bond donors (Lipinski definition) is 3. The number of ether oxygens (including phenoxy) is 2. The van der Waals surface area contributed by atoms with Gasteiger partial charge in [-0.3, -0.25) is 9.48 Å². The molecule has 0 unspecified atom stereocenters. The molecule has 2 rings (SSSR count). The average molecular weight is 361 g/mol. The van der Waals surface area contributed by atoms with Crippen molar-refractivity contribution in [2.75, 3.05) is 31.5 Å². The maximum absolute atomic E-state index is 12.2. The van der Waals surface area contributed by atoms with Crippen LogP contribution in [-0.2, 0) is 16.6 Å². The number of aromatic nitrogens is 2. The molecule has 0 aliphatic rings. The molecule has 1 aromatic heterocycles. The second-order valence-electron chi connectivity index (χ2n) is 5.66. The second kappa shape index (κ2) is 8.86. The van der Waals surface area contributed by atoms with Crippen LogP contribution in [0.4, 0.5) is 16.2 Å². The normalized spacial score (nSPS) is 11.5. The van der Waals surface area contributed by atoms with Gasteiger partial charge in [-0.1, -0.05) is 0 Å². The van der Waals surface area contributed by atoms with Gasteiger partial charge >= 0.3 is 6.03 Å². The number of urea groups is 1. The third kappa shape index (κ3) is 5.21. The lowest BCUT2D eigenvalue weighted by atomic mass is 10.2. The van der Waals surface area contributed by atoms with Crippen molar-refractivity contribution in [1.29, 1.82) is 0 Å². The first-order chi connectivity index (χ1) is 12.4. The van der Waals surface area contributed by atoms with Gasteiger partial charge in [0.25, 0.3) is 0 Å². The molecule has 0 aliphatic carbocycles. The quantitative estimate of drug-likeness (QED) is 0.698. The Balaban J connectivity index is 2.03. The van der Waals surface area contributed by atoms with E-state index in [0.29, 0.717) is 17.1 Å². The van der Waals surface area contributed by atoms with Crippen LogP contribution in [0, 0.1) is 0 Å². The predicted molar refractivity (Wildman–Crippen MR) is 97.3 cm³/mol. The van der Waals surface area contributed by atoms with E-state index in [1.165, 1.54) is 14.2 Å². The number of nitrogens with one attached hydrogen (secondary N) is 3. The smallest absolute Gasteiger partial charge is 0.319 e. The van der Waals surface area contributed by atoms with E-state index < -0.39 is 0 Å². The number of carbonyl (C=O) groups excluding carboxylic acids is 2. The van der Waals surface area contributed by atoms with Gasteiger partial charge in [0.1, 0.15) is 12.4 Å². The van der Waals surface area contributed by atoms with Crippen LogP contribution in [0.5, 0.6) is 5.75 Å². The molecule has 0 fully saturated rings. The molecule has 0 radical (unpaired) electrons. The summed E-state index contributed by atoms with van der Waals surface area (Å²) in [7, 11) is 4.74. The minimum atomic E-state index is -0.374. The summed E-state index contributed by atoms with van der Waals surface area (Å²) in [6.45, 7) is 1.78. The van der Waals surface area contributed by atoms with Crippen molar-refractivity contribution in [3.05, 3.63) is 36.2 Å². The number of rotatable bonds is 7. The Hall–Kier alpha value is -3.07. The average Bonchev–Trinajstić information content (AvgIpc) is 3.02. The number of nitrogens with zero attached hydrogens (tertiary/aromatic N) is 2. The third-order valence-corrected chi connectivity index (χ3v) is 3.58. The number of anilines is 2. The molecule has 0 bridgehead atoms. The van der Waals surface area contributed by atoms with E-state index >= 15 is 0 Å². The Bertz CT molecular complexity index is 774. The van der Waals surface area contributed by atoms with Crippen LogP contribution in [0.3, 0.4) is 0 Å². The fourth-order valence-corrected chi connectivity index (χ4v) is 2.31. The number of benzene rings is 1. The molecule has 2 aromatic rings. The van der Waals surface area contributed by atoms with Gasteiger partial charge in [0, 0.05) is 31.6 Å². The van der Waals surface area contributed by atoms with Gasteiger partial charge in [0.15, 0.2) is 0 Å². The highest BCUT2D eigenvalue weighted by Gasteiger charge is 2.13. The zero-order chi connectivity index (χ0) is 19.1. The van der Waals surface area contributed by atoms with Crippen LogP contribution in [-0.4, -0.2) is 42.5 Å². The lowest BCUT2D eigenvalue weighted by molar-refractivity contribution is -0.119. The number of carbonyl (C=O) groups is 2. The van der Waals surface area contributed by atoms with Crippen LogP contribution < -0.4 is 20.7 Å². The highest BCUT2D eigenvalue weighted by Crippen LogP contribution is 2.28. The van der Waals surface area contributed by atoms with Crippen LogP contribution in [0.2, 0.25) is 0 Å². The Morgan fingerprint density at radius 1 is 1.27 bits per heavy atom. The Morgan fingerprint density at radius 3 is 2.65 bits per heavy atom. The van der Waals surface area contributed by atoms with Gasteiger partial charge in [-0.05, 0) is 25.1 Å². The van der Waals surface area contributed by atoms with Crippen molar-refractivity contribution < 1.29 is 19.1 Å². The van der Waals surface area contributed by atoms with Gasteiger partial charge in [0.05, 0.1) is 25.0 Å².